The molecule has 2 aromatic rings. The molecule has 0 radical (unpaired) electrons. The summed E-state index contributed by atoms with van der Waals surface area (Å²) in [5.74, 6) is 0.0828. The van der Waals surface area contributed by atoms with Crippen LogP contribution in [0.2, 0.25) is 0 Å². The van der Waals surface area contributed by atoms with Crippen LogP contribution in [0.4, 0.5) is 10.1 Å². The monoisotopic (exact) mass is 343 g/mol. The predicted molar refractivity (Wildman–Crippen MR) is 94.0 cm³/mol. The van der Waals surface area contributed by atoms with Crippen molar-refractivity contribution in [1.29, 1.82) is 0 Å². The molecule has 0 spiro atoms. The maximum absolute atomic E-state index is 13.3. The molecule has 3 rings (SSSR count). The van der Waals surface area contributed by atoms with Gasteiger partial charge < -0.3 is 14.8 Å². The van der Waals surface area contributed by atoms with Crippen molar-refractivity contribution in [2.75, 3.05) is 12.4 Å². The van der Waals surface area contributed by atoms with Crippen LogP contribution in [0.3, 0.4) is 0 Å². The number of ether oxygens (including phenoxy) is 2. The molecule has 1 aliphatic heterocycles. The molecule has 0 unspecified atom stereocenters. The van der Waals surface area contributed by atoms with E-state index in [1.54, 1.807) is 19.2 Å². The number of methoxy groups -OCH3 is 1. The third-order valence-corrected chi connectivity index (χ3v) is 4.75. The van der Waals surface area contributed by atoms with Gasteiger partial charge in [0.15, 0.2) is 0 Å². The van der Waals surface area contributed by atoms with Crippen molar-refractivity contribution in [3.8, 4) is 5.75 Å². The van der Waals surface area contributed by atoms with E-state index in [0.717, 1.165) is 16.8 Å². The molecule has 1 aliphatic rings. The maximum atomic E-state index is 13.3. The highest BCUT2D eigenvalue weighted by atomic mass is 19.1. The summed E-state index contributed by atoms with van der Waals surface area (Å²) < 4.78 is 24.3. The van der Waals surface area contributed by atoms with Crippen LogP contribution in [0.5, 0.6) is 5.75 Å². The van der Waals surface area contributed by atoms with Gasteiger partial charge in [0.05, 0.1) is 13.2 Å². The minimum absolute atomic E-state index is 0.140. The van der Waals surface area contributed by atoms with Gasteiger partial charge in [-0.15, -0.1) is 0 Å². The highest BCUT2D eigenvalue weighted by Gasteiger charge is 2.46. The average Bonchev–Trinajstić information content (AvgIpc) is 2.57. The first-order valence-electron chi connectivity index (χ1n) is 8.20. The van der Waals surface area contributed by atoms with E-state index in [4.69, 9.17) is 9.47 Å². The Balaban J connectivity index is 2.11. The van der Waals surface area contributed by atoms with Crippen molar-refractivity contribution in [3.05, 3.63) is 59.4 Å². The van der Waals surface area contributed by atoms with E-state index in [9.17, 15) is 9.18 Å². The lowest BCUT2D eigenvalue weighted by molar-refractivity contribution is -0.154. The topological polar surface area (TPSA) is 47.6 Å². The number of hydrogen-bond acceptors (Lipinski definition) is 4. The van der Waals surface area contributed by atoms with Gasteiger partial charge in [0, 0.05) is 23.6 Å². The van der Waals surface area contributed by atoms with Gasteiger partial charge in [0.25, 0.3) is 0 Å². The Morgan fingerprint density at radius 2 is 1.84 bits per heavy atom. The molecule has 2 aromatic carbocycles. The lowest BCUT2D eigenvalue weighted by atomic mass is 9.70. The molecule has 0 saturated carbocycles. The minimum Gasteiger partial charge on any atom is -0.497 e. The van der Waals surface area contributed by atoms with Crippen molar-refractivity contribution in [2.24, 2.45) is 5.41 Å². The van der Waals surface area contributed by atoms with E-state index in [-0.39, 0.29) is 17.8 Å². The smallest absolute Gasteiger partial charge is 0.303 e. The quantitative estimate of drug-likeness (QED) is 0.826. The second-order valence-electron chi connectivity index (χ2n) is 6.89. The lowest BCUT2D eigenvalue weighted by Crippen LogP contribution is -2.40. The van der Waals surface area contributed by atoms with Gasteiger partial charge in [0.1, 0.15) is 17.7 Å². The zero-order chi connectivity index (χ0) is 18.2. The highest BCUT2D eigenvalue weighted by molar-refractivity contribution is 5.68. The number of fused-ring (bicyclic) bond motifs is 1. The van der Waals surface area contributed by atoms with Crippen LogP contribution >= 0.6 is 0 Å². The average molecular weight is 343 g/mol. The first-order chi connectivity index (χ1) is 11.8. The second kappa shape index (κ2) is 6.39. The van der Waals surface area contributed by atoms with Crippen molar-refractivity contribution in [2.45, 2.75) is 32.9 Å². The fourth-order valence-corrected chi connectivity index (χ4v) is 3.46. The number of anilines is 1. The number of esters is 1. The molecule has 0 bridgehead atoms. The standard InChI is InChI=1S/C20H22FNO3/c1-12(23)25-19-16-11-15(24-4)9-10-17(16)22-18(20(19,2)3)13-5-7-14(21)8-6-13/h5-11,18-19,22H,1-4H3/t18-,19+/m1/s1. The molecule has 1 heterocycles. The van der Waals surface area contributed by atoms with E-state index in [1.807, 2.05) is 32.0 Å². The van der Waals surface area contributed by atoms with Crippen molar-refractivity contribution < 1.29 is 18.7 Å². The van der Waals surface area contributed by atoms with Crippen molar-refractivity contribution in [1.82, 2.24) is 0 Å². The van der Waals surface area contributed by atoms with E-state index in [0.29, 0.717) is 5.75 Å². The Labute approximate surface area is 147 Å². The molecule has 0 fully saturated rings. The molecule has 0 amide bonds. The largest absolute Gasteiger partial charge is 0.497 e. The second-order valence-corrected chi connectivity index (χ2v) is 6.89. The van der Waals surface area contributed by atoms with E-state index >= 15 is 0 Å². The number of hydrogen-bond donors (Lipinski definition) is 1. The van der Waals surface area contributed by atoms with E-state index in [2.05, 4.69) is 5.32 Å². The first-order valence-corrected chi connectivity index (χ1v) is 8.20. The molecular formula is C20H22FNO3. The third kappa shape index (κ3) is 3.18. The van der Waals surface area contributed by atoms with Crippen LogP contribution in [0.15, 0.2) is 42.5 Å². The van der Waals surface area contributed by atoms with Crippen LogP contribution in [-0.2, 0) is 9.53 Å². The maximum Gasteiger partial charge on any atom is 0.303 e. The number of carbonyl (C=O) groups is 1. The molecule has 1 N–H and O–H groups in total. The van der Waals surface area contributed by atoms with Gasteiger partial charge in [-0.25, -0.2) is 4.39 Å². The van der Waals surface area contributed by atoms with Gasteiger partial charge in [-0.05, 0) is 35.9 Å². The summed E-state index contributed by atoms with van der Waals surface area (Å²) in [4.78, 5) is 11.7. The first kappa shape index (κ1) is 17.3. The molecule has 2 atom stereocenters. The van der Waals surface area contributed by atoms with Crippen LogP contribution in [0.1, 0.15) is 44.0 Å². The van der Waals surface area contributed by atoms with Gasteiger partial charge >= 0.3 is 5.97 Å². The fraction of sp³-hybridized carbons (Fsp3) is 0.350. The van der Waals surface area contributed by atoms with Crippen LogP contribution in [0, 0.1) is 11.2 Å². The van der Waals surface area contributed by atoms with Crippen molar-refractivity contribution >= 4 is 11.7 Å². The number of halogens is 1. The van der Waals surface area contributed by atoms with Gasteiger partial charge in [-0.1, -0.05) is 26.0 Å². The van der Waals surface area contributed by atoms with Gasteiger partial charge in [-0.3, -0.25) is 4.79 Å². The molecule has 132 valence electrons. The van der Waals surface area contributed by atoms with E-state index < -0.39 is 11.5 Å². The Morgan fingerprint density at radius 1 is 1.16 bits per heavy atom. The Bertz CT molecular complexity index is 786. The molecule has 25 heavy (non-hydrogen) atoms. The summed E-state index contributed by atoms with van der Waals surface area (Å²) in [5, 5.41) is 3.51. The van der Waals surface area contributed by atoms with Crippen molar-refractivity contribution in [3.63, 3.8) is 0 Å². The molecule has 0 saturated heterocycles. The number of rotatable bonds is 3. The summed E-state index contributed by atoms with van der Waals surface area (Å²) in [5.41, 5.74) is 2.23. The fourth-order valence-electron chi connectivity index (χ4n) is 3.46. The van der Waals surface area contributed by atoms with E-state index in [1.165, 1.54) is 19.1 Å². The molecular weight excluding hydrogens is 321 g/mol. The SMILES string of the molecule is COc1ccc2c(c1)[C@H](OC(C)=O)C(C)(C)[C@@H](c1ccc(F)cc1)N2. The van der Waals surface area contributed by atoms with Crippen LogP contribution in [-0.4, -0.2) is 13.1 Å². The summed E-state index contributed by atoms with van der Waals surface area (Å²) in [6.07, 6.45) is -0.452. The number of carbonyl (C=O) groups excluding carboxylic acids is 1. The molecule has 0 aliphatic carbocycles. The van der Waals surface area contributed by atoms with Gasteiger partial charge in [-0.2, -0.15) is 0 Å². The minimum atomic E-state index is -0.455. The molecule has 4 nitrogen and oxygen atoms in total. The molecule has 0 aromatic heterocycles. The summed E-state index contributed by atoms with van der Waals surface area (Å²) in [6.45, 7) is 5.47. The Hall–Kier alpha value is -2.56. The lowest BCUT2D eigenvalue weighted by Gasteiger charge is -2.46. The summed E-state index contributed by atoms with van der Waals surface area (Å²) >= 11 is 0. The Morgan fingerprint density at radius 3 is 2.44 bits per heavy atom. The van der Waals surface area contributed by atoms with Crippen LogP contribution in [0.25, 0.3) is 0 Å². The van der Waals surface area contributed by atoms with Gasteiger partial charge in [0.2, 0.25) is 0 Å². The number of benzene rings is 2. The Kier molecular flexibility index (Phi) is 4.41. The number of nitrogens with one attached hydrogen (secondary N) is 1. The predicted octanol–water partition coefficient (Wildman–Crippen LogP) is 4.63. The normalized spacial score (nSPS) is 21.0. The summed E-state index contributed by atoms with van der Waals surface area (Å²) in [6, 6.07) is 11.9. The third-order valence-electron chi connectivity index (χ3n) is 4.75. The highest BCUT2D eigenvalue weighted by Crippen LogP contribution is 2.53. The zero-order valence-electron chi connectivity index (χ0n) is 14.8. The van der Waals surface area contributed by atoms with Crippen LogP contribution < -0.4 is 10.1 Å². The zero-order valence-corrected chi connectivity index (χ0v) is 14.8. The molecule has 5 heteroatoms. The summed E-state index contributed by atoms with van der Waals surface area (Å²) in [7, 11) is 1.60.